The largest absolute Gasteiger partial charge is 0.382 e. The number of imidazole rings is 1. The molecule has 0 aromatic carbocycles. The zero-order chi connectivity index (χ0) is 28.1. The molecule has 0 unspecified atom stereocenters. The Morgan fingerprint density at radius 2 is 1.62 bits per heavy atom. The molecule has 0 spiro atoms. The summed E-state index contributed by atoms with van der Waals surface area (Å²) in [7, 11) is 7.42. The van der Waals surface area contributed by atoms with Crippen LogP contribution in [0.1, 0.15) is 33.8 Å². The van der Waals surface area contributed by atoms with Crippen LogP contribution in [0.25, 0.3) is 11.2 Å². The van der Waals surface area contributed by atoms with Gasteiger partial charge in [0.05, 0.1) is 17.7 Å². The Balaban J connectivity index is 1.32. The Hall–Kier alpha value is -4.72. The van der Waals surface area contributed by atoms with Crippen molar-refractivity contribution in [3.63, 3.8) is 0 Å². The summed E-state index contributed by atoms with van der Waals surface area (Å²) in [6, 6.07) is 3.22. The molecule has 4 aromatic heterocycles. The number of nitrogens with one attached hydrogen (secondary N) is 3. The number of nitrogen functional groups attached to an aromatic ring is 1. The Labute approximate surface area is 225 Å². The third-order valence-electron chi connectivity index (χ3n) is 6.09. The molecule has 0 saturated heterocycles. The van der Waals surface area contributed by atoms with Crippen molar-refractivity contribution in [1.29, 1.82) is 0 Å². The van der Waals surface area contributed by atoms with E-state index < -0.39 is 0 Å². The van der Waals surface area contributed by atoms with Gasteiger partial charge in [0.1, 0.15) is 23.2 Å². The molecule has 0 aliphatic heterocycles. The van der Waals surface area contributed by atoms with Gasteiger partial charge in [-0.2, -0.15) is 0 Å². The van der Waals surface area contributed by atoms with Crippen LogP contribution in [0.3, 0.4) is 0 Å². The van der Waals surface area contributed by atoms with Gasteiger partial charge in [-0.1, -0.05) is 0 Å². The Bertz CT molecular complexity index is 1500. The first kappa shape index (κ1) is 27.3. The summed E-state index contributed by atoms with van der Waals surface area (Å²) in [5.74, 6) is -0.534. The first-order valence-corrected chi connectivity index (χ1v) is 12.4. The summed E-state index contributed by atoms with van der Waals surface area (Å²) < 4.78 is 5.02. The number of fused-ring (bicyclic) bond motifs is 1. The molecule has 14 nitrogen and oxygen atoms in total. The lowest BCUT2D eigenvalue weighted by atomic mass is 10.3. The summed E-state index contributed by atoms with van der Waals surface area (Å²) in [5.41, 5.74) is 8.61. The number of nitrogens with two attached hydrogens (primary N) is 1. The quantitative estimate of drug-likeness (QED) is 0.207. The second kappa shape index (κ2) is 11.8. The maximum atomic E-state index is 12.9. The van der Waals surface area contributed by atoms with Crippen LogP contribution in [0.2, 0.25) is 0 Å². The van der Waals surface area contributed by atoms with Gasteiger partial charge in [0.25, 0.3) is 11.8 Å². The number of aromatic nitrogens is 6. The van der Waals surface area contributed by atoms with E-state index in [4.69, 9.17) is 5.73 Å². The van der Waals surface area contributed by atoms with Gasteiger partial charge in [-0.3, -0.25) is 14.4 Å². The van der Waals surface area contributed by atoms with Gasteiger partial charge in [-0.05, 0) is 39.2 Å². The summed E-state index contributed by atoms with van der Waals surface area (Å²) >= 11 is 0. The minimum absolute atomic E-state index is 0.162. The van der Waals surface area contributed by atoms with E-state index in [9.17, 15) is 14.4 Å². The Morgan fingerprint density at radius 3 is 2.31 bits per heavy atom. The van der Waals surface area contributed by atoms with E-state index in [1.54, 1.807) is 58.7 Å². The molecular weight excluding hydrogens is 502 g/mol. The van der Waals surface area contributed by atoms with E-state index in [1.165, 1.54) is 6.33 Å². The highest BCUT2D eigenvalue weighted by molar-refractivity contribution is 6.05. The maximum absolute atomic E-state index is 12.9. The Kier molecular flexibility index (Phi) is 8.24. The molecule has 4 aromatic rings. The summed E-state index contributed by atoms with van der Waals surface area (Å²) in [5, 5.41) is 8.52. The highest BCUT2D eigenvalue weighted by atomic mass is 16.2. The fourth-order valence-electron chi connectivity index (χ4n) is 4.11. The average molecular weight is 536 g/mol. The molecule has 0 aliphatic rings. The van der Waals surface area contributed by atoms with Crippen LogP contribution in [-0.2, 0) is 25.4 Å². The van der Waals surface area contributed by atoms with E-state index in [0.717, 1.165) is 13.0 Å². The summed E-state index contributed by atoms with van der Waals surface area (Å²) in [4.78, 5) is 52.4. The molecule has 0 radical (unpaired) electrons. The molecular formula is C25H33N11O3. The van der Waals surface area contributed by atoms with Gasteiger partial charge in [0.2, 0.25) is 5.91 Å². The first-order valence-electron chi connectivity index (χ1n) is 12.4. The third kappa shape index (κ3) is 6.59. The van der Waals surface area contributed by atoms with Gasteiger partial charge in [-0.25, -0.2) is 15.0 Å². The number of rotatable bonds is 11. The summed E-state index contributed by atoms with van der Waals surface area (Å²) in [6.45, 7) is 1.78. The first-order chi connectivity index (χ1) is 18.6. The van der Waals surface area contributed by atoms with Crippen LogP contribution in [-0.4, -0.2) is 78.5 Å². The number of anilines is 3. The van der Waals surface area contributed by atoms with E-state index in [2.05, 4.69) is 35.8 Å². The van der Waals surface area contributed by atoms with Crippen LogP contribution in [0, 0.1) is 0 Å². The molecule has 5 N–H and O–H groups in total. The van der Waals surface area contributed by atoms with Crippen molar-refractivity contribution >= 4 is 46.1 Å². The number of aryl methyl sites for hydroxylation is 3. The van der Waals surface area contributed by atoms with Crippen molar-refractivity contribution in [2.75, 3.05) is 43.6 Å². The number of amides is 3. The minimum atomic E-state index is -0.372. The van der Waals surface area contributed by atoms with Gasteiger partial charge >= 0.3 is 0 Å². The zero-order valence-electron chi connectivity index (χ0n) is 22.4. The standard InChI is InChI=1S/C25H33N11O3/c1-33(2)8-5-7-27-24(38)18-11-17(13-34(18)3)32-25(39)19-10-16(12-35(19)4)31-20(37)6-9-36-15-30-21-22(26)28-14-29-23(21)36/h10-15H,5-9H2,1-4H3,(H,27,38)(H,31,37)(H,32,39)(H2,26,28,29). The third-order valence-corrected chi connectivity index (χ3v) is 6.09. The number of hydrogen-bond acceptors (Lipinski definition) is 8. The van der Waals surface area contributed by atoms with E-state index in [-0.39, 0.29) is 30.0 Å². The zero-order valence-corrected chi connectivity index (χ0v) is 22.4. The number of carbonyl (C=O) groups excluding carboxylic acids is 3. The lowest BCUT2D eigenvalue weighted by Crippen LogP contribution is -2.28. The van der Waals surface area contributed by atoms with Crippen LogP contribution < -0.4 is 21.7 Å². The molecule has 3 amide bonds. The predicted molar refractivity (Wildman–Crippen MR) is 147 cm³/mol. The van der Waals surface area contributed by atoms with Gasteiger partial charge in [0.15, 0.2) is 11.5 Å². The number of hydrogen-bond donors (Lipinski definition) is 4. The molecule has 4 rings (SSSR count). The van der Waals surface area contributed by atoms with Crippen molar-refractivity contribution in [3.8, 4) is 0 Å². The van der Waals surface area contributed by atoms with Gasteiger partial charge in [0, 0.05) is 46.0 Å². The van der Waals surface area contributed by atoms with E-state index >= 15 is 0 Å². The molecule has 0 bridgehead atoms. The molecule has 4 heterocycles. The highest BCUT2D eigenvalue weighted by Gasteiger charge is 2.17. The molecule has 0 saturated carbocycles. The molecule has 0 aliphatic carbocycles. The van der Waals surface area contributed by atoms with Crippen molar-refractivity contribution in [2.24, 2.45) is 14.1 Å². The van der Waals surface area contributed by atoms with Crippen LogP contribution in [0.5, 0.6) is 0 Å². The highest BCUT2D eigenvalue weighted by Crippen LogP contribution is 2.18. The van der Waals surface area contributed by atoms with E-state index in [1.807, 2.05) is 14.1 Å². The normalized spacial score (nSPS) is 11.2. The lowest BCUT2D eigenvalue weighted by Gasteiger charge is -2.10. The van der Waals surface area contributed by atoms with Crippen molar-refractivity contribution < 1.29 is 14.4 Å². The topological polar surface area (TPSA) is 170 Å². The molecule has 0 atom stereocenters. The Morgan fingerprint density at radius 1 is 0.949 bits per heavy atom. The van der Waals surface area contributed by atoms with Crippen LogP contribution in [0.4, 0.5) is 17.2 Å². The molecule has 206 valence electrons. The fourth-order valence-corrected chi connectivity index (χ4v) is 4.11. The molecule has 39 heavy (non-hydrogen) atoms. The lowest BCUT2D eigenvalue weighted by molar-refractivity contribution is -0.116. The fraction of sp³-hybridized carbons (Fsp3) is 0.360. The number of nitrogens with zero attached hydrogens (tertiary/aromatic N) is 7. The minimum Gasteiger partial charge on any atom is -0.382 e. The maximum Gasteiger partial charge on any atom is 0.272 e. The van der Waals surface area contributed by atoms with Gasteiger partial charge < -0.3 is 40.3 Å². The monoisotopic (exact) mass is 535 g/mol. The summed E-state index contributed by atoms with van der Waals surface area (Å²) in [6.07, 6.45) is 7.25. The van der Waals surface area contributed by atoms with Crippen molar-refractivity contribution in [2.45, 2.75) is 19.4 Å². The van der Waals surface area contributed by atoms with Crippen LogP contribution in [0.15, 0.2) is 37.2 Å². The van der Waals surface area contributed by atoms with Gasteiger partial charge in [-0.15, -0.1) is 0 Å². The average Bonchev–Trinajstić information content (AvgIpc) is 3.57. The van der Waals surface area contributed by atoms with E-state index in [0.29, 0.717) is 47.0 Å². The van der Waals surface area contributed by atoms with Crippen molar-refractivity contribution in [1.82, 2.24) is 38.9 Å². The second-order valence-corrected chi connectivity index (χ2v) is 9.48. The molecule has 0 fully saturated rings. The van der Waals surface area contributed by atoms with Crippen molar-refractivity contribution in [3.05, 3.63) is 48.6 Å². The second-order valence-electron chi connectivity index (χ2n) is 9.48. The smallest absolute Gasteiger partial charge is 0.272 e. The number of carbonyl (C=O) groups is 3. The predicted octanol–water partition coefficient (Wildman–Crippen LogP) is 1.05. The van der Waals surface area contributed by atoms with Crippen LogP contribution >= 0.6 is 0 Å². The molecule has 14 heteroatoms. The SMILES string of the molecule is CN(C)CCCNC(=O)c1cc(NC(=O)c2cc(NC(=O)CCn3cnc4c(N)ncnc43)cn2C)cn1C.